The van der Waals surface area contributed by atoms with E-state index in [1.54, 1.807) is 0 Å². The highest BCUT2D eigenvalue weighted by Gasteiger charge is 2.42. The van der Waals surface area contributed by atoms with E-state index in [0.29, 0.717) is 0 Å². The predicted octanol–water partition coefficient (Wildman–Crippen LogP) is 6.28. The minimum atomic E-state index is -0.0490. The molecule has 4 aromatic rings. The quantitative estimate of drug-likeness (QED) is 0.369. The zero-order valence-corrected chi connectivity index (χ0v) is 20.2. The van der Waals surface area contributed by atoms with Crippen molar-refractivity contribution in [2.75, 3.05) is 4.90 Å². The first-order chi connectivity index (χ1) is 15.9. The molecule has 1 saturated heterocycles. The third-order valence-corrected chi connectivity index (χ3v) is 6.70. The van der Waals surface area contributed by atoms with Gasteiger partial charge in [-0.3, -0.25) is 4.98 Å². The molecule has 1 N–H and O–H groups in total. The summed E-state index contributed by atoms with van der Waals surface area (Å²) in [4.78, 5) is 6.92. The number of pyridine rings is 1. The molecule has 0 aliphatic carbocycles. The molecule has 1 fully saturated rings. The van der Waals surface area contributed by atoms with Gasteiger partial charge in [0.05, 0.1) is 17.8 Å². The first-order valence-electron chi connectivity index (χ1n) is 11.3. The summed E-state index contributed by atoms with van der Waals surface area (Å²) in [5.74, 6) is 0. The fourth-order valence-electron chi connectivity index (χ4n) is 5.10. The molecular formula is C28H28N4S. The summed E-state index contributed by atoms with van der Waals surface area (Å²) in [7, 11) is 0. The maximum atomic E-state index is 5.87. The Balaban J connectivity index is 1.69. The van der Waals surface area contributed by atoms with Crippen molar-refractivity contribution >= 4 is 23.0 Å². The molecule has 5 heteroatoms. The number of aromatic nitrogens is 2. The number of benzene rings is 2. The SMILES string of the molecule is Cc1cc(C)cc(-n2c(C)cc(C3C(c4ccccn4)NC(=S)N3c3ccccc3)c2C)c1. The average Bonchev–Trinajstić information content (AvgIpc) is 3.29. The molecular weight excluding hydrogens is 424 g/mol. The van der Waals surface area contributed by atoms with Crippen LogP contribution in [0.1, 0.15) is 45.9 Å². The van der Waals surface area contributed by atoms with E-state index in [2.05, 4.69) is 102 Å². The van der Waals surface area contributed by atoms with Gasteiger partial charge >= 0.3 is 0 Å². The summed E-state index contributed by atoms with van der Waals surface area (Å²) in [5.41, 5.74) is 9.46. The molecule has 2 aromatic heterocycles. The summed E-state index contributed by atoms with van der Waals surface area (Å²) in [6.45, 7) is 8.69. The van der Waals surface area contributed by atoms with Crippen LogP contribution in [0.2, 0.25) is 0 Å². The fraction of sp³-hybridized carbons (Fsp3) is 0.214. The summed E-state index contributed by atoms with van der Waals surface area (Å²) in [6.07, 6.45) is 1.85. The second kappa shape index (κ2) is 8.49. The Morgan fingerprint density at radius 2 is 1.52 bits per heavy atom. The van der Waals surface area contributed by atoms with Crippen LogP contribution in [0, 0.1) is 27.7 Å². The Hall–Kier alpha value is -3.44. The smallest absolute Gasteiger partial charge is 0.174 e. The molecule has 2 aromatic carbocycles. The number of hydrogen-bond acceptors (Lipinski definition) is 2. The van der Waals surface area contributed by atoms with Crippen molar-refractivity contribution in [2.24, 2.45) is 0 Å². The van der Waals surface area contributed by atoms with Crippen molar-refractivity contribution in [3.8, 4) is 5.69 Å². The Kier molecular flexibility index (Phi) is 5.51. The molecule has 4 nitrogen and oxygen atoms in total. The molecule has 2 atom stereocenters. The highest BCUT2D eigenvalue weighted by atomic mass is 32.1. The van der Waals surface area contributed by atoms with Crippen LogP contribution in [0.5, 0.6) is 0 Å². The number of para-hydroxylation sites is 1. The van der Waals surface area contributed by atoms with E-state index >= 15 is 0 Å². The van der Waals surface area contributed by atoms with Crippen molar-refractivity contribution in [1.82, 2.24) is 14.9 Å². The third-order valence-electron chi connectivity index (χ3n) is 6.39. The van der Waals surface area contributed by atoms with Gasteiger partial charge in [-0.05, 0) is 99.1 Å². The van der Waals surface area contributed by atoms with Crippen LogP contribution in [0.25, 0.3) is 5.69 Å². The van der Waals surface area contributed by atoms with Crippen LogP contribution >= 0.6 is 12.2 Å². The zero-order valence-electron chi connectivity index (χ0n) is 19.4. The molecule has 5 rings (SSSR count). The molecule has 3 heterocycles. The first-order valence-corrected chi connectivity index (χ1v) is 11.7. The van der Waals surface area contributed by atoms with Gasteiger partial charge in [0.2, 0.25) is 0 Å². The van der Waals surface area contributed by atoms with E-state index in [1.807, 2.05) is 24.4 Å². The lowest BCUT2D eigenvalue weighted by Crippen LogP contribution is -2.29. The van der Waals surface area contributed by atoms with Gasteiger partial charge in [-0.15, -0.1) is 0 Å². The van der Waals surface area contributed by atoms with Crippen molar-refractivity contribution in [1.29, 1.82) is 0 Å². The number of anilines is 1. The topological polar surface area (TPSA) is 33.1 Å². The molecule has 33 heavy (non-hydrogen) atoms. The van der Waals surface area contributed by atoms with Gasteiger partial charge in [0.1, 0.15) is 0 Å². The zero-order chi connectivity index (χ0) is 23.1. The van der Waals surface area contributed by atoms with E-state index in [0.717, 1.165) is 16.5 Å². The van der Waals surface area contributed by atoms with Crippen molar-refractivity contribution in [3.63, 3.8) is 0 Å². The van der Waals surface area contributed by atoms with Crippen LogP contribution < -0.4 is 10.2 Å². The Morgan fingerprint density at radius 3 is 2.18 bits per heavy atom. The lowest BCUT2D eigenvalue weighted by Gasteiger charge is -2.28. The highest BCUT2D eigenvalue weighted by molar-refractivity contribution is 7.80. The van der Waals surface area contributed by atoms with Crippen molar-refractivity contribution in [3.05, 3.63) is 113 Å². The van der Waals surface area contributed by atoms with E-state index in [-0.39, 0.29) is 12.1 Å². The van der Waals surface area contributed by atoms with Gasteiger partial charge < -0.3 is 14.8 Å². The summed E-state index contributed by atoms with van der Waals surface area (Å²) >= 11 is 5.87. The summed E-state index contributed by atoms with van der Waals surface area (Å²) in [6, 6.07) is 25.4. The number of hydrogen-bond donors (Lipinski definition) is 1. The Labute approximate surface area is 200 Å². The van der Waals surface area contributed by atoms with Crippen LogP contribution in [0.3, 0.4) is 0 Å². The third kappa shape index (κ3) is 3.83. The molecule has 166 valence electrons. The molecule has 1 aliphatic rings. The number of aryl methyl sites for hydroxylation is 3. The standard InChI is InChI=1S/C28H28N4S/c1-18-14-19(2)16-23(15-18)31-20(3)17-24(21(31)4)27-26(25-12-8-9-13-29-25)30-28(33)32(27)22-10-6-5-7-11-22/h5-17,26-27H,1-4H3,(H,30,33). The van der Waals surface area contributed by atoms with Crippen molar-refractivity contribution in [2.45, 2.75) is 39.8 Å². The molecule has 0 radical (unpaired) electrons. The molecule has 0 bridgehead atoms. The lowest BCUT2D eigenvalue weighted by atomic mass is 9.96. The maximum Gasteiger partial charge on any atom is 0.174 e. The highest BCUT2D eigenvalue weighted by Crippen LogP contribution is 2.43. The maximum absolute atomic E-state index is 5.87. The predicted molar refractivity (Wildman–Crippen MR) is 139 cm³/mol. The molecule has 1 aliphatic heterocycles. The average molecular weight is 453 g/mol. The first kappa shape index (κ1) is 21.4. The largest absolute Gasteiger partial charge is 0.351 e. The van der Waals surface area contributed by atoms with Gasteiger partial charge in [0.15, 0.2) is 5.11 Å². The van der Waals surface area contributed by atoms with Crippen LogP contribution in [0.4, 0.5) is 5.69 Å². The molecule has 0 saturated carbocycles. The lowest BCUT2D eigenvalue weighted by molar-refractivity contribution is 0.565. The molecule has 0 spiro atoms. The minimum Gasteiger partial charge on any atom is -0.351 e. The fourth-order valence-corrected chi connectivity index (χ4v) is 5.45. The van der Waals surface area contributed by atoms with Gasteiger partial charge in [0, 0.05) is 29.0 Å². The van der Waals surface area contributed by atoms with E-state index < -0.39 is 0 Å². The van der Waals surface area contributed by atoms with E-state index in [9.17, 15) is 0 Å². The van der Waals surface area contributed by atoms with Gasteiger partial charge in [-0.25, -0.2) is 0 Å². The van der Waals surface area contributed by atoms with Crippen molar-refractivity contribution < 1.29 is 0 Å². The summed E-state index contributed by atoms with van der Waals surface area (Å²) in [5, 5.41) is 4.29. The number of nitrogens with zero attached hydrogens (tertiary/aromatic N) is 3. The normalized spacial score (nSPS) is 17.9. The van der Waals surface area contributed by atoms with E-state index in [4.69, 9.17) is 12.2 Å². The Morgan fingerprint density at radius 1 is 0.818 bits per heavy atom. The monoisotopic (exact) mass is 452 g/mol. The molecule has 0 amide bonds. The number of thiocarbonyl (C=S) groups is 1. The van der Waals surface area contributed by atoms with Crippen LogP contribution in [0.15, 0.2) is 79.0 Å². The minimum absolute atomic E-state index is 0.0133. The van der Waals surface area contributed by atoms with Gasteiger partial charge in [-0.1, -0.05) is 30.3 Å². The number of rotatable bonds is 4. The van der Waals surface area contributed by atoms with Crippen LogP contribution in [-0.4, -0.2) is 14.7 Å². The van der Waals surface area contributed by atoms with Crippen LogP contribution in [-0.2, 0) is 0 Å². The van der Waals surface area contributed by atoms with E-state index in [1.165, 1.54) is 33.8 Å². The second-order valence-electron chi connectivity index (χ2n) is 8.84. The second-order valence-corrected chi connectivity index (χ2v) is 9.23. The number of nitrogens with one attached hydrogen (secondary N) is 1. The van der Waals surface area contributed by atoms with Gasteiger partial charge in [0.25, 0.3) is 0 Å². The van der Waals surface area contributed by atoms with Gasteiger partial charge in [-0.2, -0.15) is 0 Å². The Bertz CT molecular complexity index is 1290. The molecule has 2 unspecified atom stereocenters. The summed E-state index contributed by atoms with van der Waals surface area (Å²) < 4.78 is 2.36.